The minimum atomic E-state index is -0.336. The predicted molar refractivity (Wildman–Crippen MR) is 85.1 cm³/mol. The van der Waals surface area contributed by atoms with Gasteiger partial charge in [0.05, 0.1) is 5.02 Å². The van der Waals surface area contributed by atoms with E-state index in [9.17, 15) is 4.39 Å². The first-order valence-electron chi connectivity index (χ1n) is 7.18. The number of likely N-dealkylation sites (tertiary alicyclic amines) is 1. The highest BCUT2D eigenvalue weighted by Crippen LogP contribution is 2.35. The third-order valence-corrected chi connectivity index (χ3v) is 4.70. The molecule has 1 unspecified atom stereocenters. The number of hydrogen-bond acceptors (Lipinski definition) is 3. The van der Waals surface area contributed by atoms with Crippen LogP contribution in [0.1, 0.15) is 12.8 Å². The lowest BCUT2D eigenvalue weighted by atomic mass is 9.87. The Morgan fingerprint density at radius 2 is 2.24 bits per heavy atom. The summed E-state index contributed by atoms with van der Waals surface area (Å²) in [5.41, 5.74) is 0.494. The molecular weight excluding hydrogens is 314 g/mol. The van der Waals surface area contributed by atoms with Gasteiger partial charge in [-0.05, 0) is 49.5 Å². The van der Waals surface area contributed by atoms with E-state index in [4.69, 9.17) is 16.3 Å². The first-order chi connectivity index (χ1) is 9.67. The fourth-order valence-electron chi connectivity index (χ4n) is 3.24. The second kappa shape index (κ2) is 7.14. The molecule has 0 bridgehead atoms. The summed E-state index contributed by atoms with van der Waals surface area (Å²) in [4.78, 5) is 2.45. The Bertz CT molecular complexity index is 481. The third kappa shape index (κ3) is 4.01. The van der Waals surface area contributed by atoms with Crippen LogP contribution in [0.4, 0.5) is 4.39 Å². The van der Waals surface area contributed by atoms with E-state index in [2.05, 4.69) is 10.2 Å². The quantitative estimate of drug-likeness (QED) is 0.916. The van der Waals surface area contributed by atoms with E-state index < -0.39 is 0 Å². The zero-order valence-corrected chi connectivity index (χ0v) is 13.5. The Balaban J connectivity index is 0.00000161. The molecule has 1 atom stereocenters. The van der Waals surface area contributed by atoms with Gasteiger partial charge in [-0.15, -0.1) is 12.4 Å². The van der Waals surface area contributed by atoms with E-state index in [-0.39, 0.29) is 18.2 Å². The van der Waals surface area contributed by atoms with Crippen LogP contribution in [-0.4, -0.2) is 44.2 Å². The molecule has 2 aliphatic heterocycles. The zero-order valence-electron chi connectivity index (χ0n) is 11.9. The molecule has 0 aliphatic carbocycles. The summed E-state index contributed by atoms with van der Waals surface area (Å²) in [6.07, 6.45) is 2.56. The van der Waals surface area contributed by atoms with Crippen molar-refractivity contribution < 1.29 is 9.13 Å². The second-order valence-electron chi connectivity index (χ2n) is 5.88. The summed E-state index contributed by atoms with van der Waals surface area (Å²) < 4.78 is 18.6. The summed E-state index contributed by atoms with van der Waals surface area (Å²) in [5.74, 6) is 0.224. The zero-order chi connectivity index (χ0) is 14.0. The predicted octanol–water partition coefficient (Wildman–Crippen LogP) is 2.97. The van der Waals surface area contributed by atoms with Crippen molar-refractivity contribution in [1.82, 2.24) is 10.2 Å². The summed E-state index contributed by atoms with van der Waals surface area (Å²) in [6.45, 7) is 6.08. The number of rotatable bonds is 4. The minimum Gasteiger partial charge on any atom is -0.491 e. The first kappa shape index (κ1) is 16.8. The normalized spacial score (nSPS) is 25.2. The molecule has 1 spiro atoms. The van der Waals surface area contributed by atoms with Crippen LogP contribution in [0.2, 0.25) is 5.02 Å². The Morgan fingerprint density at radius 3 is 2.95 bits per heavy atom. The Morgan fingerprint density at radius 1 is 1.38 bits per heavy atom. The van der Waals surface area contributed by atoms with Gasteiger partial charge in [0.25, 0.3) is 0 Å². The van der Waals surface area contributed by atoms with Gasteiger partial charge in [-0.3, -0.25) is 4.90 Å². The lowest BCUT2D eigenvalue weighted by Gasteiger charge is -2.22. The van der Waals surface area contributed by atoms with Crippen molar-refractivity contribution in [3.8, 4) is 5.75 Å². The number of nitrogens with one attached hydrogen (secondary N) is 1. The van der Waals surface area contributed by atoms with Crippen LogP contribution >= 0.6 is 24.0 Å². The Hall–Kier alpha value is -0.550. The molecule has 2 saturated heterocycles. The Labute approximate surface area is 136 Å². The van der Waals surface area contributed by atoms with Gasteiger partial charge in [0.1, 0.15) is 18.2 Å². The molecule has 3 nitrogen and oxygen atoms in total. The average molecular weight is 335 g/mol. The minimum absolute atomic E-state index is 0. The molecule has 0 saturated carbocycles. The maximum absolute atomic E-state index is 12.9. The highest BCUT2D eigenvalue weighted by atomic mass is 35.5. The molecule has 6 heteroatoms. The molecule has 2 fully saturated rings. The molecule has 0 amide bonds. The smallest absolute Gasteiger partial charge is 0.138 e. The summed E-state index contributed by atoms with van der Waals surface area (Å²) in [7, 11) is 0. The van der Waals surface area contributed by atoms with Crippen molar-refractivity contribution in [1.29, 1.82) is 0 Å². The molecule has 0 radical (unpaired) electrons. The number of nitrogens with zero attached hydrogens (tertiary/aromatic N) is 1. The molecule has 118 valence electrons. The monoisotopic (exact) mass is 334 g/mol. The van der Waals surface area contributed by atoms with Crippen molar-refractivity contribution in [2.45, 2.75) is 12.8 Å². The van der Waals surface area contributed by atoms with Crippen LogP contribution in [0.3, 0.4) is 0 Å². The largest absolute Gasteiger partial charge is 0.491 e. The van der Waals surface area contributed by atoms with Gasteiger partial charge in [-0.2, -0.15) is 0 Å². The summed E-state index contributed by atoms with van der Waals surface area (Å²) in [5, 5.41) is 3.80. The molecular formula is C15H21Cl2FN2O. The second-order valence-corrected chi connectivity index (χ2v) is 6.28. The summed E-state index contributed by atoms with van der Waals surface area (Å²) >= 11 is 5.94. The number of halogens is 3. The number of hydrogen-bond donors (Lipinski definition) is 1. The average Bonchev–Trinajstić information content (AvgIpc) is 3.03. The highest BCUT2D eigenvalue weighted by molar-refractivity contribution is 6.32. The van der Waals surface area contributed by atoms with Gasteiger partial charge in [0.2, 0.25) is 0 Å². The van der Waals surface area contributed by atoms with Gasteiger partial charge in [-0.25, -0.2) is 4.39 Å². The van der Waals surface area contributed by atoms with Crippen molar-refractivity contribution in [2.75, 3.05) is 39.3 Å². The molecule has 1 aromatic rings. The van der Waals surface area contributed by atoms with E-state index in [0.717, 1.165) is 32.7 Å². The molecule has 21 heavy (non-hydrogen) atoms. The number of benzene rings is 1. The van der Waals surface area contributed by atoms with Crippen LogP contribution in [0.25, 0.3) is 0 Å². The molecule has 2 heterocycles. The van der Waals surface area contributed by atoms with Crippen molar-refractivity contribution >= 4 is 24.0 Å². The Kier molecular flexibility index (Phi) is 5.72. The first-order valence-corrected chi connectivity index (χ1v) is 7.56. The maximum atomic E-state index is 12.9. The highest BCUT2D eigenvalue weighted by Gasteiger charge is 2.39. The SMILES string of the molecule is Cl.Fc1ccc(OCCN2CCC3(CCNC3)C2)c(Cl)c1. The van der Waals surface area contributed by atoms with E-state index in [1.807, 2.05) is 0 Å². The number of ether oxygens (including phenoxy) is 1. The van der Waals surface area contributed by atoms with Crippen LogP contribution < -0.4 is 10.1 Å². The fraction of sp³-hybridized carbons (Fsp3) is 0.600. The van der Waals surface area contributed by atoms with Gasteiger partial charge in [0, 0.05) is 19.6 Å². The van der Waals surface area contributed by atoms with Crippen LogP contribution in [0.15, 0.2) is 18.2 Å². The van der Waals surface area contributed by atoms with E-state index >= 15 is 0 Å². The third-order valence-electron chi connectivity index (χ3n) is 4.41. The molecule has 1 aromatic carbocycles. The van der Waals surface area contributed by atoms with Crippen molar-refractivity contribution in [2.24, 2.45) is 5.41 Å². The maximum Gasteiger partial charge on any atom is 0.138 e. The van der Waals surface area contributed by atoms with Crippen molar-refractivity contribution in [3.05, 3.63) is 29.0 Å². The fourth-order valence-corrected chi connectivity index (χ4v) is 3.46. The molecule has 2 aliphatic rings. The van der Waals surface area contributed by atoms with Crippen LogP contribution in [-0.2, 0) is 0 Å². The van der Waals surface area contributed by atoms with Crippen LogP contribution in [0, 0.1) is 11.2 Å². The molecule has 3 rings (SSSR count). The van der Waals surface area contributed by atoms with Gasteiger partial charge in [0.15, 0.2) is 0 Å². The van der Waals surface area contributed by atoms with Gasteiger partial charge >= 0.3 is 0 Å². The lowest BCUT2D eigenvalue weighted by molar-refractivity contribution is 0.217. The van der Waals surface area contributed by atoms with Gasteiger partial charge in [-0.1, -0.05) is 11.6 Å². The van der Waals surface area contributed by atoms with Gasteiger partial charge < -0.3 is 10.1 Å². The van der Waals surface area contributed by atoms with Crippen LogP contribution in [0.5, 0.6) is 5.75 Å². The van der Waals surface area contributed by atoms with E-state index in [1.54, 1.807) is 6.07 Å². The lowest BCUT2D eigenvalue weighted by Crippen LogP contribution is -2.31. The summed E-state index contributed by atoms with van der Waals surface area (Å²) in [6, 6.07) is 4.24. The molecule has 0 aromatic heterocycles. The van der Waals surface area contributed by atoms with E-state index in [0.29, 0.717) is 22.8 Å². The molecule has 1 N–H and O–H groups in total. The van der Waals surface area contributed by atoms with E-state index in [1.165, 1.54) is 25.0 Å². The topological polar surface area (TPSA) is 24.5 Å². The van der Waals surface area contributed by atoms with Crippen molar-refractivity contribution in [3.63, 3.8) is 0 Å². The standard InChI is InChI=1S/C15H20ClFN2O.ClH/c16-13-9-12(17)1-2-14(13)20-8-7-19-6-4-15(11-19)3-5-18-10-15;/h1-2,9,18H,3-8,10-11H2;1H.